The highest BCUT2D eigenvalue weighted by molar-refractivity contribution is 14.1. The van der Waals surface area contributed by atoms with Gasteiger partial charge in [0, 0.05) is 22.9 Å². The number of carbonyl (C=O) groups is 1. The Balaban J connectivity index is 4.12. The third-order valence-corrected chi connectivity index (χ3v) is 1.87. The number of carboxylic acids is 1. The van der Waals surface area contributed by atoms with Crippen LogP contribution in [0.25, 0.3) is 0 Å². The van der Waals surface area contributed by atoms with E-state index in [1.807, 2.05) is 36.7 Å². The predicted molar refractivity (Wildman–Crippen MR) is 48.0 cm³/mol. The highest BCUT2D eigenvalue weighted by atomic mass is 127. The van der Waals surface area contributed by atoms with E-state index in [1.54, 1.807) is 10.2 Å². The van der Waals surface area contributed by atoms with Crippen LogP contribution in [0.1, 0.15) is 13.8 Å². The van der Waals surface area contributed by atoms with E-state index in [2.05, 4.69) is 0 Å². The first-order chi connectivity index (χ1) is 4.46. The molecule has 0 aliphatic carbocycles. The van der Waals surface area contributed by atoms with Crippen molar-refractivity contribution >= 4 is 28.8 Å². The second-order valence-electron chi connectivity index (χ2n) is 2.55. The number of hydrogen-bond acceptors (Lipinski definition) is 2. The predicted octanol–water partition coefficient (Wildman–Crippen LogP) is 1.38. The molecular formula is C6H12INO2. The molecule has 0 unspecified atom stereocenters. The summed E-state index contributed by atoms with van der Waals surface area (Å²) in [4.78, 5) is 10.5. The summed E-state index contributed by atoms with van der Waals surface area (Å²) < 4.78 is 1.69. The van der Waals surface area contributed by atoms with Crippen LogP contribution < -0.4 is 0 Å². The fourth-order valence-electron chi connectivity index (χ4n) is 0.848. The smallest absolute Gasteiger partial charge is 0.321 e. The Morgan fingerprint density at radius 2 is 2.00 bits per heavy atom. The highest BCUT2D eigenvalue weighted by Crippen LogP contribution is 2.12. The van der Waals surface area contributed by atoms with Crippen molar-refractivity contribution in [3.63, 3.8) is 0 Å². The quantitative estimate of drug-likeness (QED) is 0.613. The molecule has 0 saturated heterocycles. The van der Waals surface area contributed by atoms with Crippen molar-refractivity contribution in [2.24, 2.45) is 5.92 Å². The molecule has 0 aromatic heterocycles. The minimum absolute atomic E-state index is 0.152. The first-order valence-electron chi connectivity index (χ1n) is 3.08. The van der Waals surface area contributed by atoms with E-state index in [1.165, 1.54) is 0 Å². The van der Waals surface area contributed by atoms with Gasteiger partial charge in [0.15, 0.2) is 0 Å². The van der Waals surface area contributed by atoms with Crippen molar-refractivity contribution in [2.45, 2.75) is 19.9 Å². The highest BCUT2D eigenvalue weighted by Gasteiger charge is 2.23. The lowest BCUT2D eigenvalue weighted by Gasteiger charge is -2.20. The molecule has 0 aromatic carbocycles. The van der Waals surface area contributed by atoms with Gasteiger partial charge in [0.1, 0.15) is 6.04 Å². The maximum Gasteiger partial charge on any atom is 0.321 e. The van der Waals surface area contributed by atoms with Crippen LogP contribution in [-0.4, -0.2) is 27.3 Å². The minimum atomic E-state index is -0.758. The SMILES string of the molecule is CC(C)[C@@H](C(=O)O)N(C)I. The van der Waals surface area contributed by atoms with Crippen molar-refractivity contribution in [2.75, 3.05) is 7.05 Å². The van der Waals surface area contributed by atoms with E-state index in [0.29, 0.717) is 0 Å². The van der Waals surface area contributed by atoms with E-state index in [4.69, 9.17) is 5.11 Å². The zero-order chi connectivity index (χ0) is 8.31. The molecule has 0 saturated carbocycles. The normalized spacial score (nSPS) is 14.2. The number of nitrogens with zero attached hydrogens (tertiary/aromatic N) is 1. The van der Waals surface area contributed by atoms with Crippen LogP contribution in [-0.2, 0) is 4.79 Å². The van der Waals surface area contributed by atoms with Gasteiger partial charge in [-0.15, -0.1) is 0 Å². The molecule has 1 N–H and O–H groups in total. The summed E-state index contributed by atoms with van der Waals surface area (Å²) in [5.74, 6) is -0.605. The molecule has 0 amide bonds. The largest absolute Gasteiger partial charge is 0.480 e. The Morgan fingerprint density at radius 1 is 1.60 bits per heavy atom. The average Bonchev–Trinajstić information content (AvgIpc) is 1.59. The zero-order valence-corrected chi connectivity index (χ0v) is 8.49. The van der Waals surface area contributed by atoms with Crippen LogP contribution in [0.3, 0.4) is 0 Å². The van der Waals surface area contributed by atoms with Crippen molar-refractivity contribution in [3.8, 4) is 0 Å². The summed E-state index contributed by atoms with van der Waals surface area (Å²) in [7, 11) is 1.76. The monoisotopic (exact) mass is 257 g/mol. The van der Waals surface area contributed by atoms with Gasteiger partial charge in [0.25, 0.3) is 0 Å². The maximum absolute atomic E-state index is 10.5. The summed E-state index contributed by atoms with van der Waals surface area (Å²) in [6, 6.07) is -0.374. The first-order valence-corrected chi connectivity index (χ1v) is 4.04. The zero-order valence-electron chi connectivity index (χ0n) is 6.34. The molecule has 4 heteroatoms. The summed E-state index contributed by atoms with van der Waals surface area (Å²) in [6.45, 7) is 3.79. The van der Waals surface area contributed by atoms with Gasteiger partial charge in [-0.25, -0.2) is 3.11 Å². The fraction of sp³-hybridized carbons (Fsp3) is 0.833. The Hall–Kier alpha value is 0.160. The Bertz CT molecular complexity index is 117. The van der Waals surface area contributed by atoms with Gasteiger partial charge in [-0.3, -0.25) is 4.79 Å². The van der Waals surface area contributed by atoms with Crippen molar-refractivity contribution < 1.29 is 9.90 Å². The van der Waals surface area contributed by atoms with Crippen LogP contribution in [0.2, 0.25) is 0 Å². The molecule has 0 aromatic rings. The van der Waals surface area contributed by atoms with Crippen molar-refractivity contribution in [1.29, 1.82) is 0 Å². The lowest BCUT2D eigenvalue weighted by atomic mass is 10.1. The van der Waals surface area contributed by atoms with Gasteiger partial charge in [0.2, 0.25) is 0 Å². The molecule has 0 rings (SSSR count). The lowest BCUT2D eigenvalue weighted by Crippen LogP contribution is -2.36. The van der Waals surface area contributed by atoms with Gasteiger partial charge < -0.3 is 5.11 Å². The van der Waals surface area contributed by atoms with Crippen molar-refractivity contribution in [3.05, 3.63) is 0 Å². The van der Waals surface area contributed by atoms with E-state index in [0.717, 1.165) is 0 Å². The van der Waals surface area contributed by atoms with Gasteiger partial charge in [0.05, 0.1) is 0 Å². The molecule has 0 fully saturated rings. The Kier molecular flexibility index (Phi) is 4.19. The molecule has 0 aliphatic heterocycles. The van der Waals surface area contributed by atoms with Crippen molar-refractivity contribution in [1.82, 2.24) is 3.11 Å². The van der Waals surface area contributed by atoms with Gasteiger partial charge >= 0.3 is 5.97 Å². The molecule has 60 valence electrons. The molecule has 3 nitrogen and oxygen atoms in total. The topological polar surface area (TPSA) is 40.5 Å². The summed E-state index contributed by atoms with van der Waals surface area (Å²) in [5, 5.41) is 8.67. The van der Waals surface area contributed by atoms with Crippen LogP contribution in [0.5, 0.6) is 0 Å². The molecule has 1 atom stereocenters. The molecular weight excluding hydrogens is 245 g/mol. The summed E-state index contributed by atoms with van der Waals surface area (Å²) >= 11 is 1.99. The Morgan fingerprint density at radius 3 is 2.00 bits per heavy atom. The molecule has 10 heavy (non-hydrogen) atoms. The van der Waals surface area contributed by atoms with E-state index in [9.17, 15) is 4.79 Å². The number of rotatable bonds is 3. The van der Waals surface area contributed by atoms with Gasteiger partial charge in [-0.2, -0.15) is 0 Å². The van der Waals surface area contributed by atoms with Gasteiger partial charge in [-0.05, 0) is 13.0 Å². The fourth-order valence-corrected chi connectivity index (χ4v) is 1.73. The van der Waals surface area contributed by atoms with Crippen LogP contribution in [0, 0.1) is 5.92 Å². The first kappa shape index (κ1) is 10.2. The third kappa shape index (κ3) is 2.83. The third-order valence-electron chi connectivity index (χ3n) is 1.27. The second-order valence-corrected chi connectivity index (χ2v) is 4.07. The van der Waals surface area contributed by atoms with Crippen LogP contribution in [0.4, 0.5) is 0 Å². The number of halogens is 1. The van der Waals surface area contributed by atoms with E-state index < -0.39 is 5.97 Å². The van der Waals surface area contributed by atoms with Crippen LogP contribution >= 0.6 is 22.9 Å². The average molecular weight is 257 g/mol. The van der Waals surface area contributed by atoms with Gasteiger partial charge in [-0.1, -0.05) is 13.8 Å². The standard InChI is InChI=1S/C6H12INO2/c1-4(2)5(6(9)10)8(3)7/h4-5H,1-3H3,(H,9,10)/t5-/m0/s1. The molecule has 0 spiro atoms. The Labute approximate surface area is 74.9 Å². The molecule has 0 radical (unpaired) electrons. The minimum Gasteiger partial charge on any atom is -0.480 e. The number of carboxylic acid groups (broad SMARTS) is 1. The lowest BCUT2D eigenvalue weighted by molar-refractivity contribution is -0.142. The summed E-state index contributed by atoms with van der Waals surface area (Å²) in [5.41, 5.74) is 0. The molecule has 0 heterocycles. The number of likely N-dealkylation sites (N-methyl/N-ethyl adjacent to an activating group) is 1. The second kappa shape index (κ2) is 4.12. The van der Waals surface area contributed by atoms with E-state index >= 15 is 0 Å². The molecule has 0 bridgehead atoms. The molecule has 0 aliphatic rings. The van der Waals surface area contributed by atoms with E-state index in [-0.39, 0.29) is 12.0 Å². The van der Waals surface area contributed by atoms with Crippen LogP contribution in [0.15, 0.2) is 0 Å². The number of hydrogen-bond donors (Lipinski definition) is 1. The summed E-state index contributed by atoms with van der Waals surface area (Å²) in [6.07, 6.45) is 0. The maximum atomic E-state index is 10.5. The number of aliphatic carboxylic acids is 1.